The topological polar surface area (TPSA) is 109 Å². The maximum Gasteiger partial charge on any atom is 0.187 e. The van der Waals surface area contributed by atoms with Crippen LogP contribution in [0.2, 0.25) is 0 Å². The van der Waals surface area contributed by atoms with Crippen molar-refractivity contribution in [1.29, 1.82) is 0 Å². The first-order chi connectivity index (χ1) is 9.77. The molecule has 2 heterocycles. The molecule has 0 spiro atoms. The monoisotopic (exact) mass is 306 g/mol. The molecule has 0 aromatic heterocycles. The van der Waals surface area contributed by atoms with E-state index >= 15 is 0 Å². The molecule has 0 aromatic rings. The lowest BCUT2D eigenvalue weighted by molar-refractivity contribution is -0.329. The van der Waals surface area contributed by atoms with Gasteiger partial charge in [0.15, 0.2) is 6.29 Å². The van der Waals surface area contributed by atoms with Crippen molar-refractivity contribution in [1.82, 2.24) is 0 Å². The molecule has 7 unspecified atom stereocenters. The zero-order valence-corrected chi connectivity index (χ0v) is 12.7. The number of aliphatic hydroxyl groups is 4. The zero-order valence-electron chi connectivity index (χ0n) is 12.7. The molecule has 0 bridgehead atoms. The van der Waals surface area contributed by atoms with Gasteiger partial charge in [0.2, 0.25) is 0 Å². The van der Waals surface area contributed by atoms with E-state index in [1.165, 1.54) is 0 Å². The summed E-state index contributed by atoms with van der Waals surface area (Å²) in [6, 6.07) is 0. The van der Waals surface area contributed by atoms with Gasteiger partial charge in [-0.15, -0.1) is 0 Å². The SMILES string of the molecule is CC1COCC(C)(C)C1OC1OC(CO)C(O)C(O)C1O. The summed E-state index contributed by atoms with van der Waals surface area (Å²) in [5.41, 5.74) is -0.267. The molecule has 2 aliphatic rings. The summed E-state index contributed by atoms with van der Waals surface area (Å²) in [4.78, 5) is 0. The van der Waals surface area contributed by atoms with E-state index < -0.39 is 37.3 Å². The van der Waals surface area contributed by atoms with Gasteiger partial charge in [-0.2, -0.15) is 0 Å². The van der Waals surface area contributed by atoms with Crippen molar-refractivity contribution < 1.29 is 34.6 Å². The van der Waals surface area contributed by atoms with Gasteiger partial charge in [0.25, 0.3) is 0 Å². The lowest BCUT2D eigenvalue weighted by Crippen LogP contribution is -2.61. The number of rotatable bonds is 3. The van der Waals surface area contributed by atoms with E-state index in [9.17, 15) is 20.4 Å². The first kappa shape index (κ1) is 17.1. The van der Waals surface area contributed by atoms with E-state index in [0.717, 1.165) is 0 Å². The Hall–Kier alpha value is -0.280. The van der Waals surface area contributed by atoms with Crippen LogP contribution in [0.25, 0.3) is 0 Å². The fourth-order valence-corrected chi connectivity index (χ4v) is 3.09. The van der Waals surface area contributed by atoms with E-state index in [2.05, 4.69) is 0 Å². The molecule has 7 heteroatoms. The third kappa shape index (κ3) is 3.39. The molecule has 7 atom stereocenters. The van der Waals surface area contributed by atoms with Crippen LogP contribution < -0.4 is 0 Å². The molecule has 4 N–H and O–H groups in total. The van der Waals surface area contributed by atoms with Crippen LogP contribution in [0, 0.1) is 11.3 Å². The molecular formula is C14H26O7. The first-order valence-corrected chi connectivity index (χ1v) is 7.31. The van der Waals surface area contributed by atoms with Crippen molar-refractivity contribution in [2.75, 3.05) is 19.8 Å². The van der Waals surface area contributed by atoms with Crippen LogP contribution in [0.15, 0.2) is 0 Å². The van der Waals surface area contributed by atoms with Gasteiger partial charge in [0.05, 0.1) is 25.9 Å². The molecule has 7 nitrogen and oxygen atoms in total. The number of hydrogen-bond acceptors (Lipinski definition) is 7. The second-order valence-corrected chi connectivity index (χ2v) is 6.73. The van der Waals surface area contributed by atoms with Crippen molar-refractivity contribution in [3.63, 3.8) is 0 Å². The highest BCUT2D eigenvalue weighted by Crippen LogP contribution is 2.36. The van der Waals surface area contributed by atoms with E-state index in [0.29, 0.717) is 13.2 Å². The van der Waals surface area contributed by atoms with Gasteiger partial charge >= 0.3 is 0 Å². The van der Waals surface area contributed by atoms with Gasteiger partial charge in [-0.3, -0.25) is 0 Å². The summed E-state index contributed by atoms with van der Waals surface area (Å²) in [6.07, 6.45) is -6.43. The van der Waals surface area contributed by atoms with Crippen LogP contribution >= 0.6 is 0 Å². The lowest BCUT2D eigenvalue weighted by Gasteiger charge is -2.47. The average molecular weight is 306 g/mol. The third-order valence-electron chi connectivity index (χ3n) is 4.27. The van der Waals surface area contributed by atoms with Crippen LogP contribution in [0.5, 0.6) is 0 Å². The Kier molecular flexibility index (Phi) is 5.25. The zero-order chi connectivity index (χ0) is 15.8. The minimum atomic E-state index is -1.42. The minimum Gasteiger partial charge on any atom is -0.394 e. The normalized spacial score (nSPS) is 47.3. The molecule has 124 valence electrons. The maximum atomic E-state index is 10.0. The molecule has 21 heavy (non-hydrogen) atoms. The second-order valence-electron chi connectivity index (χ2n) is 6.73. The summed E-state index contributed by atoms with van der Waals surface area (Å²) < 4.78 is 16.8. The summed E-state index contributed by atoms with van der Waals surface area (Å²) in [5, 5.41) is 38.8. The molecule has 0 saturated carbocycles. The van der Waals surface area contributed by atoms with Gasteiger partial charge in [0, 0.05) is 11.3 Å². The Bertz CT molecular complexity index is 346. The molecule has 0 aromatic carbocycles. The smallest absolute Gasteiger partial charge is 0.187 e. The number of aliphatic hydroxyl groups excluding tert-OH is 4. The quantitative estimate of drug-likeness (QED) is 0.522. The minimum absolute atomic E-state index is 0.0983. The van der Waals surface area contributed by atoms with Crippen molar-refractivity contribution in [3.05, 3.63) is 0 Å². The Balaban J connectivity index is 2.09. The highest BCUT2D eigenvalue weighted by atomic mass is 16.7. The van der Waals surface area contributed by atoms with Crippen LogP contribution in [-0.4, -0.2) is 77.1 Å². The Labute approximate surface area is 124 Å². The molecule has 2 saturated heterocycles. The van der Waals surface area contributed by atoms with Crippen molar-refractivity contribution in [2.24, 2.45) is 11.3 Å². The van der Waals surface area contributed by atoms with Crippen LogP contribution in [-0.2, 0) is 14.2 Å². The fraction of sp³-hybridized carbons (Fsp3) is 1.00. The van der Waals surface area contributed by atoms with Crippen molar-refractivity contribution in [2.45, 2.75) is 57.6 Å². The van der Waals surface area contributed by atoms with Crippen LogP contribution in [0.3, 0.4) is 0 Å². The van der Waals surface area contributed by atoms with Crippen molar-refractivity contribution in [3.8, 4) is 0 Å². The Morgan fingerprint density at radius 1 is 1.14 bits per heavy atom. The van der Waals surface area contributed by atoms with Gasteiger partial charge < -0.3 is 34.6 Å². The van der Waals surface area contributed by atoms with Crippen molar-refractivity contribution >= 4 is 0 Å². The summed E-state index contributed by atoms with van der Waals surface area (Å²) in [7, 11) is 0. The lowest BCUT2D eigenvalue weighted by atomic mass is 9.79. The standard InChI is InChI=1S/C14H26O7/c1-7-5-19-6-14(2,3)12(7)21-13-11(18)10(17)9(16)8(4-15)20-13/h7-13,15-18H,4-6H2,1-3H3. The van der Waals surface area contributed by atoms with E-state index in [1.807, 2.05) is 20.8 Å². The Morgan fingerprint density at radius 3 is 2.38 bits per heavy atom. The van der Waals surface area contributed by atoms with E-state index in [4.69, 9.17) is 14.2 Å². The van der Waals surface area contributed by atoms with Gasteiger partial charge in [0.1, 0.15) is 24.4 Å². The number of ether oxygens (including phenoxy) is 3. The van der Waals surface area contributed by atoms with Gasteiger partial charge in [-0.25, -0.2) is 0 Å². The van der Waals surface area contributed by atoms with Gasteiger partial charge in [-0.1, -0.05) is 20.8 Å². The predicted molar refractivity (Wildman–Crippen MR) is 72.4 cm³/mol. The Morgan fingerprint density at radius 2 is 1.81 bits per heavy atom. The highest BCUT2D eigenvalue weighted by Gasteiger charge is 2.48. The summed E-state index contributed by atoms with van der Waals surface area (Å²) in [5.74, 6) is 0.0983. The third-order valence-corrected chi connectivity index (χ3v) is 4.27. The summed E-state index contributed by atoms with van der Waals surface area (Å²) in [6.45, 7) is 6.59. The predicted octanol–water partition coefficient (Wildman–Crippen LogP) is -1.14. The highest BCUT2D eigenvalue weighted by molar-refractivity contribution is 4.92. The molecule has 0 radical (unpaired) electrons. The molecule has 0 aliphatic carbocycles. The second kappa shape index (κ2) is 6.45. The molecule has 2 fully saturated rings. The molecule has 2 rings (SSSR count). The van der Waals surface area contributed by atoms with Gasteiger partial charge in [-0.05, 0) is 0 Å². The average Bonchev–Trinajstić information content (AvgIpc) is 2.42. The van der Waals surface area contributed by atoms with Crippen LogP contribution in [0.1, 0.15) is 20.8 Å². The number of hydrogen-bond donors (Lipinski definition) is 4. The maximum absolute atomic E-state index is 10.0. The summed E-state index contributed by atoms with van der Waals surface area (Å²) >= 11 is 0. The molecule has 0 amide bonds. The molecule has 2 aliphatic heterocycles. The van der Waals surface area contributed by atoms with Crippen LogP contribution in [0.4, 0.5) is 0 Å². The molecular weight excluding hydrogens is 280 g/mol. The first-order valence-electron chi connectivity index (χ1n) is 7.31. The fourth-order valence-electron chi connectivity index (χ4n) is 3.09. The van der Waals surface area contributed by atoms with E-state index in [-0.39, 0.29) is 17.4 Å². The largest absolute Gasteiger partial charge is 0.394 e. The van der Waals surface area contributed by atoms with E-state index in [1.54, 1.807) is 0 Å².